The average Bonchev–Trinajstić information content (AvgIpc) is 2.44. The molecule has 0 spiro atoms. The van der Waals surface area contributed by atoms with Crippen LogP contribution < -0.4 is 5.32 Å². The van der Waals surface area contributed by atoms with E-state index in [0.29, 0.717) is 18.4 Å². The van der Waals surface area contributed by atoms with Crippen LogP contribution in [0.2, 0.25) is 0 Å². The standard InChI is InChI=1S/C16H25NO2/c1-13-6-5-7-14(16(13)18)12-17-10-11-19-15-8-3-2-4-9-15/h5-7,15,17-18H,2-4,8-12H2,1H3. The maximum atomic E-state index is 9.89. The summed E-state index contributed by atoms with van der Waals surface area (Å²) in [7, 11) is 0. The molecule has 0 bridgehead atoms. The summed E-state index contributed by atoms with van der Waals surface area (Å²) in [6, 6.07) is 5.85. The molecule has 0 saturated heterocycles. The summed E-state index contributed by atoms with van der Waals surface area (Å²) in [4.78, 5) is 0. The second-order valence-electron chi connectivity index (χ2n) is 5.39. The Hall–Kier alpha value is -1.06. The second-order valence-corrected chi connectivity index (χ2v) is 5.39. The zero-order valence-electron chi connectivity index (χ0n) is 11.8. The van der Waals surface area contributed by atoms with Crippen LogP contribution >= 0.6 is 0 Å². The summed E-state index contributed by atoms with van der Waals surface area (Å²) in [6.07, 6.45) is 6.91. The number of nitrogens with one attached hydrogen (secondary N) is 1. The molecule has 1 fully saturated rings. The van der Waals surface area contributed by atoms with E-state index in [4.69, 9.17) is 4.74 Å². The smallest absolute Gasteiger partial charge is 0.122 e. The molecule has 1 aromatic carbocycles. The maximum absolute atomic E-state index is 9.89. The minimum Gasteiger partial charge on any atom is -0.507 e. The van der Waals surface area contributed by atoms with E-state index in [0.717, 1.165) is 24.3 Å². The van der Waals surface area contributed by atoms with E-state index in [2.05, 4.69) is 5.32 Å². The van der Waals surface area contributed by atoms with Gasteiger partial charge in [-0.05, 0) is 25.3 Å². The number of rotatable bonds is 6. The first-order chi connectivity index (χ1) is 9.27. The molecule has 0 heterocycles. The van der Waals surface area contributed by atoms with Gasteiger partial charge in [-0.25, -0.2) is 0 Å². The van der Waals surface area contributed by atoms with Gasteiger partial charge in [-0.1, -0.05) is 37.5 Å². The van der Waals surface area contributed by atoms with Crippen LogP contribution in [0, 0.1) is 6.92 Å². The van der Waals surface area contributed by atoms with Gasteiger partial charge < -0.3 is 15.2 Å². The molecule has 0 radical (unpaired) electrons. The molecule has 19 heavy (non-hydrogen) atoms. The molecule has 2 N–H and O–H groups in total. The van der Waals surface area contributed by atoms with Crippen molar-refractivity contribution in [2.45, 2.75) is 51.7 Å². The highest BCUT2D eigenvalue weighted by molar-refractivity contribution is 5.39. The van der Waals surface area contributed by atoms with Gasteiger partial charge in [0.25, 0.3) is 0 Å². The molecule has 0 aliphatic heterocycles. The van der Waals surface area contributed by atoms with E-state index >= 15 is 0 Å². The van der Waals surface area contributed by atoms with E-state index in [9.17, 15) is 5.11 Å². The molecule has 0 unspecified atom stereocenters. The Kier molecular flexibility index (Phi) is 5.67. The molecule has 106 valence electrons. The first-order valence-corrected chi connectivity index (χ1v) is 7.37. The van der Waals surface area contributed by atoms with Crippen molar-refractivity contribution in [1.29, 1.82) is 0 Å². The number of phenols is 1. The molecule has 1 aliphatic carbocycles. The van der Waals surface area contributed by atoms with E-state index in [1.807, 2.05) is 25.1 Å². The molecule has 3 nitrogen and oxygen atoms in total. The Morgan fingerprint density at radius 1 is 1.26 bits per heavy atom. The fourth-order valence-corrected chi connectivity index (χ4v) is 2.61. The SMILES string of the molecule is Cc1cccc(CNCCOC2CCCCC2)c1O. The summed E-state index contributed by atoms with van der Waals surface area (Å²) in [6.45, 7) is 4.22. The summed E-state index contributed by atoms with van der Waals surface area (Å²) < 4.78 is 5.85. The van der Waals surface area contributed by atoms with Gasteiger partial charge in [0.1, 0.15) is 5.75 Å². The molecule has 2 rings (SSSR count). The number of phenolic OH excluding ortho intramolecular Hbond substituents is 1. The van der Waals surface area contributed by atoms with Gasteiger partial charge in [-0.3, -0.25) is 0 Å². The number of benzene rings is 1. The summed E-state index contributed by atoms with van der Waals surface area (Å²) in [5, 5.41) is 13.2. The summed E-state index contributed by atoms with van der Waals surface area (Å²) in [5.41, 5.74) is 1.88. The molecule has 3 heteroatoms. The Morgan fingerprint density at radius 3 is 2.84 bits per heavy atom. The van der Waals surface area contributed by atoms with Crippen LogP contribution in [0.3, 0.4) is 0 Å². The largest absolute Gasteiger partial charge is 0.507 e. The highest BCUT2D eigenvalue weighted by atomic mass is 16.5. The molecular formula is C16H25NO2. The van der Waals surface area contributed by atoms with Crippen molar-refractivity contribution in [1.82, 2.24) is 5.32 Å². The van der Waals surface area contributed by atoms with Crippen molar-refractivity contribution in [2.75, 3.05) is 13.2 Å². The lowest BCUT2D eigenvalue weighted by atomic mass is 9.98. The van der Waals surface area contributed by atoms with Crippen molar-refractivity contribution in [3.8, 4) is 5.75 Å². The zero-order valence-corrected chi connectivity index (χ0v) is 11.8. The molecular weight excluding hydrogens is 238 g/mol. The van der Waals surface area contributed by atoms with Gasteiger partial charge in [0.05, 0.1) is 12.7 Å². The summed E-state index contributed by atoms with van der Waals surface area (Å²) in [5.74, 6) is 0.406. The number of ether oxygens (including phenoxy) is 1. The Balaban J connectivity index is 1.62. The fraction of sp³-hybridized carbons (Fsp3) is 0.625. The first kappa shape index (κ1) is 14.4. The molecule has 1 aromatic rings. The predicted octanol–water partition coefficient (Wildman–Crippen LogP) is 3.14. The number of para-hydroxylation sites is 1. The first-order valence-electron chi connectivity index (χ1n) is 7.37. The third-order valence-electron chi connectivity index (χ3n) is 3.82. The highest BCUT2D eigenvalue weighted by Gasteiger charge is 2.12. The van der Waals surface area contributed by atoms with E-state index < -0.39 is 0 Å². The predicted molar refractivity (Wildman–Crippen MR) is 77.4 cm³/mol. The van der Waals surface area contributed by atoms with E-state index in [1.165, 1.54) is 32.1 Å². The van der Waals surface area contributed by atoms with Gasteiger partial charge in [0.2, 0.25) is 0 Å². The van der Waals surface area contributed by atoms with Crippen LogP contribution in [0.25, 0.3) is 0 Å². The summed E-state index contributed by atoms with van der Waals surface area (Å²) >= 11 is 0. The third-order valence-corrected chi connectivity index (χ3v) is 3.82. The van der Waals surface area contributed by atoms with Crippen molar-refractivity contribution in [3.05, 3.63) is 29.3 Å². The topological polar surface area (TPSA) is 41.5 Å². The van der Waals surface area contributed by atoms with E-state index in [1.54, 1.807) is 0 Å². The lowest BCUT2D eigenvalue weighted by molar-refractivity contribution is 0.0302. The minimum absolute atomic E-state index is 0.406. The van der Waals surface area contributed by atoms with Gasteiger partial charge in [-0.2, -0.15) is 0 Å². The van der Waals surface area contributed by atoms with Gasteiger partial charge in [-0.15, -0.1) is 0 Å². The van der Waals surface area contributed by atoms with Crippen LogP contribution in [0.15, 0.2) is 18.2 Å². The number of hydrogen-bond acceptors (Lipinski definition) is 3. The quantitative estimate of drug-likeness (QED) is 0.775. The number of hydrogen-bond donors (Lipinski definition) is 2. The highest BCUT2D eigenvalue weighted by Crippen LogP contribution is 2.21. The fourth-order valence-electron chi connectivity index (χ4n) is 2.61. The molecule has 0 atom stereocenters. The molecule has 1 aliphatic rings. The van der Waals surface area contributed by atoms with Gasteiger partial charge >= 0.3 is 0 Å². The van der Waals surface area contributed by atoms with Crippen molar-refractivity contribution in [3.63, 3.8) is 0 Å². The van der Waals surface area contributed by atoms with Crippen molar-refractivity contribution >= 4 is 0 Å². The third kappa shape index (κ3) is 4.51. The normalized spacial score (nSPS) is 16.7. The lowest BCUT2D eigenvalue weighted by Crippen LogP contribution is -2.24. The molecule has 1 saturated carbocycles. The van der Waals surface area contributed by atoms with Crippen LogP contribution in [0.5, 0.6) is 5.75 Å². The Bertz CT molecular complexity index is 386. The van der Waals surface area contributed by atoms with E-state index in [-0.39, 0.29) is 0 Å². The van der Waals surface area contributed by atoms with Gasteiger partial charge in [0.15, 0.2) is 0 Å². The number of aryl methyl sites for hydroxylation is 1. The van der Waals surface area contributed by atoms with Crippen molar-refractivity contribution < 1.29 is 9.84 Å². The maximum Gasteiger partial charge on any atom is 0.122 e. The molecule has 0 amide bonds. The van der Waals surface area contributed by atoms with Crippen LogP contribution in [-0.4, -0.2) is 24.4 Å². The van der Waals surface area contributed by atoms with Crippen LogP contribution in [0.1, 0.15) is 43.2 Å². The van der Waals surface area contributed by atoms with Gasteiger partial charge in [0, 0.05) is 18.7 Å². The minimum atomic E-state index is 0.406. The molecule has 0 aromatic heterocycles. The Labute approximate surface area is 116 Å². The average molecular weight is 263 g/mol. The zero-order chi connectivity index (χ0) is 13.5. The van der Waals surface area contributed by atoms with Crippen LogP contribution in [0.4, 0.5) is 0 Å². The second kappa shape index (κ2) is 7.51. The monoisotopic (exact) mass is 263 g/mol. The van der Waals surface area contributed by atoms with Crippen molar-refractivity contribution in [2.24, 2.45) is 0 Å². The lowest BCUT2D eigenvalue weighted by Gasteiger charge is -2.22. The van der Waals surface area contributed by atoms with Crippen LogP contribution in [-0.2, 0) is 11.3 Å². The Morgan fingerprint density at radius 2 is 2.05 bits per heavy atom. The number of aromatic hydroxyl groups is 1.